The minimum absolute atomic E-state index is 0.132. The maximum atomic E-state index is 12.9. The van der Waals surface area contributed by atoms with Crippen molar-refractivity contribution in [2.24, 2.45) is 5.11 Å². The Labute approximate surface area is 162 Å². The number of anilines is 1. The maximum absolute atomic E-state index is 12.9. The molecule has 0 spiro atoms. The van der Waals surface area contributed by atoms with Crippen molar-refractivity contribution in [1.82, 2.24) is 9.88 Å². The van der Waals surface area contributed by atoms with Crippen molar-refractivity contribution >= 4 is 28.6 Å². The van der Waals surface area contributed by atoms with Crippen LogP contribution in [-0.2, 0) is 9.53 Å². The minimum Gasteiger partial charge on any atom is -0.444 e. The van der Waals surface area contributed by atoms with Gasteiger partial charge in [-0.05, 0) is 44.9 Å². The molecule has 28 heavy (non-hydrogen) atoms. The molecule has 1 saturated heterocycles. The van der Waals surface area contributed by atoms with Gasteiger partial charge in [0.2, 0.25) is 5.91 Å². The van der Waals surface area contributed by atoms with Gasteiger partial charge in [-0.25, -0.2) is 4.79 Å². The third kappa shape index (κ3) is 4.50. The number of benzene rings is 1. The van der Waals surface area contributed by atoms with Crippen LogP contribution in [0.15, 0.2) is 41.6 Å². The molecule has 3 rings (SSSR count). The number of hydrogen-bond acceptors (Lipinski definition) is 5. The predicted octanol–water partition coefficient (Wildman–Crippen LogP) is 3.86. The van der Waals surface area contributed by atoms with E-state index in [4.69, 9.17) is 10.3 Å². The Bertz CT molecular complexity index is 948. The zero-order valence-electron chi connectivity index (χ0n) is 16.0. The molecule has 1 aliphatic heterocycles. The number of aromatic nitrogens is 1. The molecule has 1 unspecified atom stereocenters. The van der Waals surface area contributed by atoms with Gasteiger partial charge in [0.25, 0.3) is 0 Å². The van der Waals surface area contributed by atoms with Gasteiger partial charge < -0.3 is 10.1 Å². The van der Waals surface area contributed by atoms with Gasteiger partial charge in [0, 0.05) is 16.8 Å². The van der Waals surface area contributed by atoms with Gasteiger partial charge in [-0.3, -0.25) is 14.7 Å². The number of azide groups is 1. The number of rotatable bonds is 3. The van der Waals surface area contributed by atoms with Crippen LogP contribution in [0.25, 0.3) is 21.3 Å². The van der Waals surface area contributed by atoms with Crippen molar-refractivity contribution in [3.8, 4) is 0 Å². The van der Waals surface area contributed by atoms with Gasteiger partial charge in [-0.2, -0.15) is 0 Å². The monoisotopic (exact) mass is 382 g/mol. The van der Waals surface area contributed by atoms with Crippen molar-refractivity contribution in [2.75, 3.05) is 11.9 Å². The number of amides is 2. The fourth-order valence-electron chi connectivity index (χ4n) is 3.11. The molecule has 1 N–H and O–H groups in total. The molecule has 0 aliphatic carbocycles. The lowest BCUT2D eigenvalue weighted by molar-refractivity contribution is -0.120. The molecular weight excluding hydrogens is 360 g/mol. The molecule has 0 saturated carbocycles. The van der Waals surface area contributed by atoms with E-state index >= 15 is 0 Å². The average molecular weight is 382 g/mol. The van der Waals surface area contributed by atoms with Crippen molar-refractivity contribution in [2.45, 2.75) is 44.9 Å². The molecule has 2 heterocycles. The highest BCUT2D eigenvalue weighted by atomic mass is 16.6. The van der Waals surface area contributed by atoms with E-state index in [0.29, 0.717) is 5.69 Å². The second-order valence-corrected chi connectivity index (χ2v) is 7.65. The number of ether oxygens (including phenoxy) is 1. The molecule has 0 radical (unpaired) electrons. The van der Waals surface area contributed by atoms with Crippen molar-refractivity contribution in [1.29, 1.82) is 0 Å². The molecule has 1 aromatic carbocycles. The van der Waals surface area contributed by atoms with Crippen LogP contribution in [0.3, 0.4) is 0 Å². The lowest BCUT2D eigenvalue weighted by atomic mass is 10.1. The van der Waals surface area contributed by atoms with Crippen LogP contribution in [0.5, 0.6) is 0 Å². The number of nitrogens with zero attached hydrogens (tertiary/aromatic N) is 5. The summed E-state index contributed by atoms with van der Waals surface area (Å²) in [5.41, 5.74) is 9.36. The lowest BCUT2D eigenvalue weighted by Gasteiger charge is -2.28. The quantitative estimate of drug-likeness (QED) is 0.492. The van der Waals surface area contributed by atoms with Crippen LogP contribution in [0.1, 0.15) is 27.2 Å². The van der Waals surface area contributed by atoms with Crippen LogP contribution in [0, 0.1) is 0 Å². The van der Waals surface area contributed by atoms with E-state index in [-0.39, 0.29) is 18.9 Å². The third-order valence-electron chi connectivity index (χ3n) is 4.28. The second-order valence-electron chi connectivity index (χ2n) is 7.65. The highest BCUT2D eigenvalue weighted by Gasteiger charge is 2.41. The van der Waals surface area contributed by atoms with E-state index in [9.17, 15) is 9.59 Å². The van der Waals surface area contributed by atoms with Gasteiger partial charge >= 0.3 is 6.09 Å². The van der Waals surface area contributed by atoms with E-state index in [2.05, 4.69) is 20.3 Å². The number of pyridine rings is 1. The number of carbonyl (C=O) groups excluding carboxylic acids is 2. The summed E-state index contributed by atoms with van der Waals surface area (Å²) in [4.78, 5) is 33.8. The lowest BCUT2D eigenvalue weighted by Crippen LogP contribution is -2.45. The Morgan fingerprint density at radius 1 is 1.36 bits per heavy atom. The predicted molar refractivity (Wildman–Crippen MR) is 105 cm³/mol. The van der Waals surface area contributed by atoms with E-state index < -0.39 is 23.8 Å². The number of likely N-dealkylation sites (tertiary alicyclic amines) is 1. The van der Waals surface area contributed by atoms with Gasteiger partial charge in [-0.1, -0.05) is 23.3 Å². The molecule has 1 fully saturated rings. The molecule has 0 bridgehead atoms. The summed E-state index contributed by atoms with van der Waals surface area (Å²) < 4.78 is 5.40. The standard InChI is InChI=1S/C19H22N6O3/c1-19(2,3)28-18(27)25-11-14(23-24-20)9-16(25)17(26)22-13-8-12-6-4-5-7-15(12)21-10-13/h4-8,10,14,16H,9,11H2,1-3H3,(H,22,26)/t14?,16-/m0/s1. The second kappa shape index (κ2) is 7.74. The first-order valence-corrected chi connectivity index (χ1v) is 8.96. The molecule has 9 nitrogen and oxygen atoms in total. The van der Waals surface area contributed by atoms with Crippen LogP contribution < -0.4 is 5.32 Å². The van der Waals surface area contributed by atoms with E-state index in [1.54, 1.807) is 27.0 Å². The van der Waals surface area contributed by atoms with E-state index in [1.807, 2.05) is 30.3 Å². The zero-order chi connectivity index (χ0) is 20.3. The topological polar surface area (TPSA) is 120 Å². The number of fused-ring (bicyclic) bond motifs is 1. The Morgan fingerprint density at radius 2 is 2.11 bits per heavy atom. The molecule has 146 valence electrons. The number of nitrogens with one attached hydrogen (secondary N) is 1. The molecule has 9 heteroatoms. The normalized spacial score (nSPS) is 19.2. The fourth-order valence-corrected chi connectivity index (χ4v) is 3.11. The van der Waals surface area contributed by atoms with Gasteiger partial charge in [0.05, 0.1) is 23.4 Å². The molecule has 2 atom stereocenters. The summed E-state index contributed by atoms with van der Waals surface area (Å²) in [6.45, 7) is 5.39. The van der Waals surface area contributed by atoms with Crippen LogP contribution in [-0.4, -0.2) is 46.1 Å². The summed E-state index contributed by atoms with van der Waals surface area (Å²) in [5, 5.41) is 7.36. The molecule has 1 aliphatic rings. The Morgan fingerprint density at radius 3 is 2.82 bits per heavy atom. The van der Waals surface area contributed by atoms with Crippen LogP contribution in [0.2, 0.25) is 0 Å². The molecule has 2 aromatic rings. The maximum Gasteiger partial charge on any atom is 0.410 e. The third-order valence-corrected chi connectivity index (χ3v) is 4.28. The zero-order valence-corrected chi connectivity index (χ0v) is 16.0. The van der Waals surface area contributed by atoms with Gasteiger partial charge in [0.1, 0.15) is 11.6 Å². The summed E-state index contributed by atoms with van der Waals surface area (Å²) in [5.74, 6) is -0.376. The summed E-state index contributed by atoms with van der Waals surface area (Å²) >= 11 is 0. The largest absolute Gasteiger partial charge is 0.444 e. The Hall–Kier alpha value is -3.32. The van der Waals surface area contributed by atoms with Gasteiger partial charge in [0.15, 0.2) is 0 Å². The Kier molecular flexibility index (Phi) is 5.37. The summed E-state index contributed by atoms with van der Waals surface area (Å²) in [7, 11) is 0. The van der Waals surface area contributed by atoms with E-state index in [0.717, 1.165) is 10.9 Å². The van der Waals surface area contributed by atoms with Crippen molar-refractivity contribution in [3.05, 3.63) is 47.0 Å². The summed E-state index contributed by atoms with van der Waals surface area (Å²) in [6, 6.07) is 8.10. The molecule has 1 aromatic heterocycles. The van der Waals surface area contributed by atoms with E-state index in [1.165, 1.54) is 4.90 Å². The Balaban J connectivity index is 1.79. The van der Waals surface area contributed by atoms with Crippen molar-refractivity contribution in [3.63, 3.8) is 0 Å². The first-order chi connectivity index (χ1) is 13.3. The molecule has 2 amide bonds. The van der Waals surface area contributed by atoms with Gasteiger partial charge in [-0.15, -0.1) is 0 Å². The number of carbonyl (C=O) groups is 2. The van der Waals surface area contributed by atoms with Crippen LogP contribution in [0.4, 0.5) is 10.5 Å². The SMILES string of the molecule is CC(C)(C)OC(=O)N1CC(N=[N+]=[N-])C[C@H]1C(=O)Nc1cnc2ccccc2c1. The number of hydrogen-bond donors (Lipinski definition) is 1. The average Bonchev–Trinajstić information content (AvgIpc) is 3.05. The summed E-state index contributed by atoms with van der Waals surface area (Å²) in [6.07, 6.45) is 1.19. The van der Waals surface area contributed by atoms with Crippen molar-refractivity contribution < 1.29 is 14.3 Å². The fraction of sp³-hybridized carbons (Fsp3) is 0.421. The van der Waals surface area contributed by atoms with Crippen LogP contribution >= 0.6 is 0 Å². The molecular formula is C19H22N6O3. The highest BCUT2D eigenvalue weighted by Crippen LogP contribution is 2.25. The minimum atomic E-state index is -0.795. The number of para-hydroxylation sites is 1. The smallest absolute Gasteiger partial charge is 0.410 e. The first-order valence-electron chi connectivity index (χ1n) is 8.96. The first kappa shape index (κ1) is 19.4. The highest BCUT2D eigenvalue weighted by molar-refractivity contribution is 5.98.